The highest BCUT2D eigenvalue weighted by molar-refractivity contribution is 7.85. The average molecular weight is 534 g/mol. The summed E-state index contributed by atoms with van der Waals surface area (Å²) in [5.74, 6) is 0. The molecule has 200 valence electrons. The first-order valence-corrected chi connectivity index (χ1v) is 18.0. The normalized spacial score (nSPS) is 12.8. The van der Waals surface area contributed by atoms with Gasteiger partial charge in [-0.2, -0.15) is 13.3 Å². The summed E-state index contributed by atoms with van der Waals surface area (Å²) in [5.41, 5.74) is 8.31. The molecule has 0 spiro atoms. The number of benzene rings is 3. The zero-order chi connectivity index (χ0) is 27.7. The predicted octanol–water partition coefficient (Wildman–Crippen LogP) is 10.3. The first-order chi connectivity index (χ1) is 17.3. The lowest BCUT2D eigenvalue weighted by atomic mass is 10.1. The molecule has 3 aromatic carbocycles. The molecule has 0 bridgehead atoms. The first-order valence-electron chi connectivity index (χ1n) is 13.8. The number of anilines is 3. The maximum Gasteiger partial charge on any atom is 0.0892 e. The molecule has 0 N–H and O–H groups in total. The van der Waals surface area contributed by atoms with Crippen LogP contribution in [0, 0.1) is 27.2 Å². The van der Waals surface area contributed by atoms with Gasteiger partial charge in [-0.25, -0.2) is 0 Å². The van der Waals surface area contributed by atoms with Crippen molar-refractivity contribution in [1.82, 2.24) is 0 Å². The highest BCUT2D eigenvalue weighted by Crippen LogP contribution is 2.68. The van der Waals surface area contributed by atoms with Crippen LogP contribution in [-0.2, 0) is 0 Å². The van der Waals surface area contributed by atoms with Crippen LogP contribution in [0.2, 0.25) is 0 Å². The molecule has 0 aliphatic carbocycles. The first kappa shape index (κ1) is 29.9. The third kappa shape index (κ3) is 5.56. The van der Waals surface area contributed by atoms with Crippen LogP contribution in [-0.4, -0.2) is 22.6 Å². The van der Waals surface area contributed by atoms with Gasteiger partial charge in [0.15, 0.2) is 0 Å². The molecular formula is C34H49NP2. The van der Waals surface area contributed by atoms with Gasteiger partial charge < -0.3 is 4.90 Å². The zero-order valence-corrected chi connectivity index (χ0v) is 26.7. The standard InChI is InChI=1S/C34H49NP2/c1-24(2)36(11,25(3)4)33-22-28(9)18-20-31(33)35(30-16-14-13-15-17-30)32-21-19-29(10)23-34(32)37(12,26(5)6)27(7)8/h13-27H,11-12H2,1-10H3. The monoisotopic (exact) mass is 533 g/mol. The minimum Gasteiger partial charge on any atom is -0.303 e. The highest BCUT2D eigenvalue weighted by Gasteiger charge is 2.41. The highest BCUT2D eigenvalue weighted by atomic mass is 31.2. The molecular weight excluding hydrogens is 484 g/mol. The van der Waals surface area contributed by atoms with Gasteiger partial charge in [-0.1, -0.05) is 44.9 Å². The van der Waals surface area contributed by atoms with Gasteiger partial charge in [0.05, 0.1) is 22.0 Å². The molecule has 3 rings (SSSR count). The van der Waals surface area contributed by atoms with Gasteiger partial charge in [-0.15, -0.1) is 0 Å². The molecule has 0 aromatic heterocycles. The van der Waals surface area contributed by atoms with Crippen LogP contribution >= 0.6 is 14.5 Å². The molecule has 0 aliphatic heterocycles. The summed E-state index contributed by atoms with van der Waals surface area (Å²) in [6.07, 6.45) is 0. The van der Waals surface area contributed by atoms with Gasteiger partial charge >= 0.3 is 0 Å². The summed E-state index contributed by atoms with van der Waals surface area (Å²) in [6, 6.07) is 25.0. The van der Waals surface area contributed by atoms with Crippen molar-refractivity contribution in [3.05, 3.63) is 91.2 Å². The topological polar surface area (TPSA) is 3.24 Å². The number of nitrogens with zero attached hydrogens (tertiary/aromatic N) is 1. The summed E-state index contributed by atoms with van der Waals surface area (Å²) in [5, 5.41) is 2.85. The lowest BCUT2D eigenvalue weighted by molar-refractivity contribution is 1.00. The molecule has 3 aromatic rings. The Morgan fingerprint density at radius 2 is 0.892 bits per heavy atom. The predicted molar refractivity (Wildman–Crippen MR) is 175 cm³/mol. The van der Waals surface area contributed by atoms with E-state index in [1.54, 1.807) is 0 Å². The van der Waals surface area contributed by atoms with Crippen molar-refractivity contribution >= 4 is 42.2 Å². The minimum absolute atomic E-state index is 0.494. The summed E-state index contributed by atoms with van der Waals surface area (Å²) >= 11 is 0. The Kier molecular flexibility index (Phi) is 9.36. The maximum atomic E-state index is 5.03. The second kappa shape index (κ2) is 11.6. The summed E-state index contributed by atoms with van der Waals surface area (Å²) < 4.78 is 0. The Morgan fingerprint density at radius 1 is 0.541 bits per heavy atom. The molecule has 3 heteroatoms. The molecule has 0 saturated heterocycles. The van der Waals surface area contributed by atoms with E-state index < -0.39 is 14.5 Å². The molecule has 0 aliphatic rings. The number of aryl methyl sites for hydroxylation is 2. The van der Waals surface area contributed by atoms with Crippen LogP contribution in [0.4, 0.5) is 17.1 Å². The Morgan fingerprint density at radius 3 is 1.22 bits per heavy atom. The molecule has 1 nitrogen and oxygen atoms in total. The van der Waals surface area contributed by atoms with Crippen molar-refractivity contribution in [1.29, 1.82) is 0 Å². The molecule has 37 heavy (non-hydrogen) atoms. The van der Waals surface area contributed by atoms with E-state index in [-0.39, 0.29) is 0 Å². The fraction of sp³-hybridized carbons (Fsp3) is 0.412. The number of rotatable bonds is 9. The van der Waals surface area contributed by atoms with Gasteiger partial charge in [-0.05, 0) is 117 Å². The maximum absolute atomic E-state index is 5.03. The van der Waals surface area contributed by atoms with E-state index in [1.807, 2.05) is 0 Å². The Bertz CT molecular complexity index is 1100. The SMILES string of the molecule is [CH2-][P+](c1cc(C)ccc1N(c1ccccc1)c1ccc(C)cc1[P+]([CH2-])(C(C)C)C(C)C)(C(C)C)C(C)C. The largest absolute Gasteiger partial charge is 0.303 e. The fourth-order valence-electron chi connectivity index (χ4n) is 5.60. The summed E-state index contributed by atoms with van der Waals surface area (Å²) in [7, 11) is -3.45. The zero-order valence-electron chi connectivity index (χ0n) is 24.9. The fourth-order valence-corrected chi connectivity index (χ4v) is 12.3. The quantitative estimate of drug-likeness (QED) is 0.195. The smallest absolute Gasteiger partial charge is 0.0892 e. The van der Waals surface area contributed by atoms with E-state index in [2.05, 4.69) is 141 Å². The second-order valence-corrected chi connectivity index (χ2v) is 20.7. The molecule has 0 radical (unpaired) electrons. The molecule has 0 saturated carbocycles. The van der Waals surface area contributed by atoms with Gasteiger partial charge in [0, 0.05) is 28.3 Å². The second-order valence-electron chi connectivity index (χ2n) is 11.9. The van der Waals surface area contributed by atoms with E-state index in [0.29, 0.717) is 22.6 Å². The van der Waals surface area contributed by atoms with E-state index in [9.17, 15) is 0 Å². The van der Waals surface area contributed by atoms with Crippen molar-refractivity contribution in [2.75, 3.05) is 4.90 Å². The average Bonchev–Trinajstić information content (AvgIpc) is 2.84. The van der Waals surface area contributed by atoms with Crippen molar-refractivity contribution < 1.29 is 0 Å². The Labute approximate surface area is 229 Å². The summed E-state index contributed by atoms with van der Waals surface area (Å²) in [6.45, 7) is 33.4. The van der Waals surface area contributed by atoms with Gasteiger partial charge in [0.25, 0.3) is 0 Å². The van der Waals surface area contributed by atoms with Crippen molar-refractivity contribution in [2.24, 2.45) is 0 Å². The lowest BCUT2D eigenvalue weighted by Gasteiger charge is -2.43. The number of hydrogen-bond acceptors (Lipinski definition) is 1. The van der Waals surface area contributed by atoms with E-state index in [4.69, 9.17) is 13.3 Å². The van der Waals surface area contributed by atoms with E-state index in [0.717, 1.165) is 0 Å². The molecule has 0 heterocycles. The van der Waals surface area contributed by atoms with Gasteiger partial charge in [-0.3, -0.25) is 0 Å². The lowest BCUT2D eigenvalue weighted by Crippen LogP contribution is -2.32. The third-order valence-corrected chi connectivity index (χ3v) is 18.2. The van der Waals surface area contributed by atoms with Crippen LogP contribution in [0.15, 0.2) is 66.7 Å². The summed E-state index contributed by atoms with van der Waals surface area (Å²) in [4.78, 5) is 2.53. The van der Waals surface area contributed by atoms with Gasteiger partial charge in [0.1, 0.15) is 0 Å². The molecule has 0 unspecified atom stereocenters. The number of para-hydroxylation sites is 1. The van der Waals surface area contributed by atoms with E-state index in [1.165, 1.54) is 38.8 Å². The van der Waals surface area contributed by atoms with Crippen molar-refractivity contribution in [2.45, 2.75) is 91.9 Å². The number of hydrogen-bond donors (Lipinski definition) is 0. The third-order valence-electron chi connectivity index (χ3n) is 8.34. The van der Waals surface area contributed by atoms with Crippen molar-refractivity contribution in [3.8, 4) is 0 Å². The van der Waals surface area contributed by atoms with Gasteiger partial charge in [0.2, 0.25) is 0 Å². The van der Waals surface area contributed by atoms with Crippen LogP contribution in [0.3, 0.4) is 0 Å². The minimum atomic E-state index is -1.73. The van der Waals surface area contributed by atoms with Crippen LogP contribution in [0.5, 0.6) is 0 Å². The van der Waals surface area contributed by atoms with Crippen LogP contribution in [0.25, 0.3) is 0 Å². The Balaban J connectivity index is 2.49. The van der Waals surface area contributed by atoms with Crippen LogP contribution < -0.4 is 15.5 Å². The van der Waals surface area contributed by atoms with E-state index >= 15 is 0 Å². The molecule has 0 atom stereocenters. The van der Waals surface area contributed by atoms with Crippen molar-refractivity contribution in [3.63, 3.8) is 0 Å². The van der Waals surface area contributed by atoms with Crippen LogP contribution in [0.1, 0.15) is 66.5 Å². The Hall–Kier alpha value is -1.68. The molecule has 0 fully saturated rings. The molecule has 0 amide bonds.